The molecule has 146 valence electrons. The van der Waals surface area contributed by atoms with Gasteiger partial charge < -0.3 is 15.4 Å². The Labute approximate surface area is 173 Å². The van der Waals surface area contributed by atoms with Crippen molar-refractivity contribution in [1.29, 1.82) is 15.8 Å². The molecule has 1 heterocycles. The first-order valence-electron chi connectivity index (χ1n) is 9.03. The topological polar surface area (TPSA) is 127 Å². The molecule has 2 aliphatic rings. The summed E-state index contributed by atoms with van der Waals surface area (Å²) in [6.07, 6.45) is 1.25. The number of ether oxygens (including phenoxy) is 1. The number of carbonyl (C=O) groups excluding carboxylic acids is 1. The number of rotatable bonds is 2. The minimum atomic E-state index is -1.77. The van der Waals surface area contributed by atoms with Gasteiger partial charge in [-0.05, 0) is 30.2 Å². The predicted octanol–water partition coefficient (Wildman–Crippen LogP) is 3.22. The Morgan fingerprint density at radius 1 is 1.38 bits per heavy atom. The van der Waals surface area contributed by atoms with Crippen LogP contribution in [0.4, 0.5) is 4.79 Å². The van der Waals surface area contributed by atoms with Crippen molar-refractivity contribution < 1.29 is 9.53 Å². The van der Waals surface area contributed by atoms with Crippen LogP contribution in [0.2, 0.25) is 5.02 Å². The van der Waals surface area contributed by atoms with Crippen LogP contribution in [0.5, 0.6) is 0 Å². The second-order valence-electron chi connectivity index (χ2n) is 6.83. The summed E-state index contributed by atoms with van der Waals surface area (Å²) in [4.78, 5) is 13.8. The number of nitrogens with zero attached hydrogens (tertiary/aromatic N) is 4. The van der Waals surface area contributed by atoms with E-state index in [1.165, 1.54) is 4.90 Å². The van der Waals surface area contributed by atoms with Crippen molar-refractivity contribution in [3.8, 4) is 18.2 Å². The molecule has 2 N–H and O–H groups in total. The van der Waals surface area contributed by atoms with Crippen LogP contribution < -0.4 is 5.73 Å². The van der Waals surface area contributed by atoms with E-state index in [2.05, 4.69) is 18.2 Å². The lowest BCUT2D eigenvalue weighted by atomic mass is 9.58. The summed E-state index contributed by atoms with van der Waals surface area (Å²) in [5.41, 5.74) is 5.80. The zero-order valence-electron chi connectivity index (χ0n) is 15.7. The molecule has 0 saturated heterocycles. The third kappa shape index (κ3) is 3.18. The molecule has 0 saturated carbocycles. The fourth-order valence-electron chi connectivity index (χ4n) is 4.12. The van der Waals surface area contributed by atoms with Crippen molar-refractivity contribution in [2.24, 2.45) is 17.1 Å². The summed E-state index contributed by atoms with van der Waals surface area (Å²) >= 11 is 6.17. The highest BCUT2D eigenvalue weighted by Crippen LogP contribution is 2.54. The molecule has 0 fully saturated rings. The zero-order chi connectivity index (χ0) is 21.2. The van der Waals surface area contributed by atoms with Gasteiger partial charge in [0.2, 0.25) is 0 Å². The molecular weight excluding hydrogens is 390 g/mol. The predicted molar refractivity (Wildman–Crippen MR) is 105 cm³/mol. The smallest absolute Gasteiger partial charge is 0.410 e. The van der Waals surface area contributed by atoms with E-state index in [-0.39, 0.29) is 31.0 Å². The Kier molecular flexibility index (Phi) is 5.50. The first-order valence-corrected chi connectivity index (χ1v) is 9.41. The second-order valence-corrected chi connectivity index (χ2v) is 7.27. The van der Waals surface area contributed by atoms with E-state index in [0.717, 1.165) is 0 Å². The molecule has 7 nitrogen and oxygen atoms in total. The summed E-state index contributed by atoms with van der Waals surface area (Å²) in [5, 5.41) is 30.2. The average molecular weight is 408 g/mol. The van der Waals surface area contributed by atoms with Crippen LogP contribution in [0.3, 0.4) is 0 Å². The van der Waals surface area contributed by atoms with Crippen molar-refractivity contribution in [2.75, 3.05) is 19.7 Å². The van der Waals surface area contributed by atoms with E-state index in [4.69, 9.17) is 22.1 Å². The van der Waals surface area contributed by atoms with Crippen LogP contribution >= 0.6 is 11.6 Å². The molecule has 3 rings (SSSR count). The van der Waals surface area contributed by atoms with Gasteiger partial charge in [-0.1, -0.05) is 29.8 Å². The SMILES string of the molecule is CCOC(=O)N1CC=C2C(C#N)=C(N)C(C#N)(C#N)[C@@H](c3cccc(Cl)c3)[C@H]2C1. The molecule has 0 aromatic heterocycles. The molecule has 1 amide bonds. The van der Waals surface area contributed by atoms with E-state index in [9.17, 15) is 20.6 Å². The van der Waals surface area contributed by atoms with Crippen LogP contribution in [-0.2, 0) is 4.74 Å². The number of benzene rings is 1. The normalized spacial score (nSPS) is 22.4. The average Bonchev–Trinajstić information content (AvgIpc) is 2.73. The third-order valence-electron chi connectivity index (χ3n) is 5.40. The van der Waals surface area contributed by atoms with Crippen molar-refractivity contribution in [2.45, 2.75) is 12.8 Å². The Hall–Kier alpha value is -3.47. The molecule has 0 spiro atoms. The molecular formula is C21H18ClN5O2. The molecule has 0 radical (unpaired) electrons. The minimum absolute atomic E-state index is 0.0675. The van der Waals surface area contributed by atoms with Gasteiger partial charge in [0, 0.05) is 29.9 Å². The maximum absolute atomic E-state index is 12.3. The van der Waals surface area contributed by atoms with Crippen molar-refractivity contribution in [3.05, 3.63) is 57.8 Å². The molecule has 1 aromatic rings. The van der Waals surface area contributed by atoms with Crippen LogP contribution in [0, 0.1) is 45.3 Å². The Morgan fingerprint density at radius 3 is 2.69 bits per heavy atom. The number of nitrogens with two attached hydrogens (primary N) is 1. The maximum atomic E-state index is 12.3. The number of amides is 1. The number of nitriles is 3. The molecule has 29 heavy (non-hydrogen) atoms. The summed E-state index contributed by atoms with van der Waals surface area (Å²) in [6, 6.07) is 13.0. The fraction of sp³-hybridized carbons (Fsp3) is 0.333. The lowest BCUT2D eigenvalue weighted by Gasteiger charge is -2.45. The van der Waals surface area contributed by atoms with Gasteiger partial charge in [0.25, 0.3) is 0 Å². The summed E-state index contributed by atoms with van der Waals surface area (Å²) in [7, 11) is 0. The fourth-order valence-corrected chi connectivity index (χ4v) is 4.32. The minimum Gasteiger partial charge on any atom is -0.450 e. The highest BCUT2D eigenvalue weighted by molar-refractivity contribution is 6.30. The largest absolute Gasteiger partial charge is 0.450 e. The third-order valence-corrected chi connectivity index (χ3v) is 5.63. The van der Waals surface area contributed by atoms with Crippen LogP contribution in [0.25, 0.3) is 0 Å². The first-order chi connectivity index (χ1) is 13.9. The number of hydrogen-bond acceptors (Lipinski definition) is 6. The van der Waals surface area contributed by atoms with Gasteiger partial charge in [-0.25, -0.2) is 4.79 Å². The Bertz CT molecular complexity index is 1030. The number of hydrogen-bond donors (Lipinski definition) is 1. The number of fused-ring (bicyclic) bond motifs is 1. The summed E-state index contributed by atoms with van der Waals surface area (Å²) < 4.78 is 5.10. The molecule has 0 unspecified atom stereocenters. The molecule has 0 bridgehead atoms. The van der Waals surface area contributed by atoms with Gasteiger partial charge in [-0.3, -0.25) is 0 Å². The van der Waals surface area contributed by atoms with E-state index >= 15 is 0 Å². The van der Waals surface area contributed by atoms with E-state index in [1.54, 1.807) is 37.3 Å². The van der Waals surface area contributed by atoms with Gasteiger partial charge in [0.1, 0.15) is 6.07 Å². The molecule has 8 heteroatoms. The van der Waals surface area contributed by atoms with Gasteiger partial charge in [0.15, 0.2) is 5.41 Å². The quantitative estimate of drug-likeness (QED) is 0.801. The van der Waals surface area contributed by atoms with E-state index < -0.39 is 23.3 Å². The van der Waals surface area contributed by atoms with Crippen molar-refractivity contribution >= 4 is 17.7 Å². The first kappa shape index (κ1) is 20.3. The second kappa shape index (κ2) is 7.87. The van der Waals surface area contributed by atoms with Crippen molar-refractivity contribution in [1.82, 2.24) is 4.90 Å². The van der Waals surface area contributed by atoms with E-state index in [1.807, 2.05) is 0 Å². The van der Waals surface area contributed by atoms with Gasteiger partial charge in [-0.15, -0.1) is 0 Å². The number of allylic oxidation sites excluding steroid dienone is 2. The summed E-state index contributed by atoms with van der Waals surface area (Å²) in [5.74, 6) is -1.20. The standard InChI is InChI=1S/C21H18ClN5O2/c1-2-29-20(28)27-7-6-15-16(9-23)19(26)21(11-24,12-25)18(17(15)10-27)13-4-3-5-14(22)8-13/h3-6,8,17-18H,2,7,10,26H2,1H3/t17-,18-/m0/s1. The van der Waals surface area contributed by atoms with Gasteiger partial charge in [-0.2, -0.15) is 15.8 Å². The van der Waals surface area contributed by atoms with Crippen molar-refractivity contribution in [3.63, 3.8) is 0 Å². The molecule has 1 aliphatic carbocycles. The maximum Gasteiger partial charge on any atom is 0.410 e. The molecule has 1 aromatic carbocycles. The molecule has 2 atom stereocenters. The lowest BCUT2D eigenvalue weighted by Crippen LogP contribution is -2.49. The summed E-state index contributed by atoms with van der Waals surface area (Å²) in [6.45, 7) is 2.37. The Morgan fingerprint density at radius 2 is 2.10 bits per heavy atom. The number of halogens is 1. The van der Waals surface area contributed by atoms with Crippen LogP contribution in [-0.4, -0.2) is 30.7 Å². The van der Waals surface area contributed by atoms with Crippen LogP contribution in [0.15, 0.2) is 47.2 Å². The zero-order valence-corrected chi connectivity index (χ0v) is 16.5. The highest BCUT2D eigenvalue weighted by atomic mass is 35.5. The Balaban J connectivity index is 2.24. The van der Waals surface area contributed by atoms with Gasteiger partial charge >= 0.3 is 6.09 Å². The lowest BCUT2D eigenvalue weighted by molar-refractivity contribution is 0.0999. The molecule has 1 aliphatic heterocycles. The number of carbonyl (C=O) groups is 1. The van der Waals surface area contributed by atoms with E-state index in [0.29, 0.717) is 16.2 Å². The highest BCUT2D eigenvalue weighted by Gasteiger charge is 2.54. The van der Waals surface area contributed by atoms with Crippen LogP contribution in [0.1, 0.15) is 18.4 Å². The van der Waals surface area contributed by atoms with Gasteiger partial charge in [0.05, 0.1) is 30.0 Å². The monoisotopic (exact) mass is 407 g/mol.